The van der Waals surface area contributed by atoms with Crippen LogP contribution in [0.5, 0.6) is 0 Å². The van der Waals surface area contributed by atoms with Crippen molar-refractivity contribution in [2.24, 2.45) is 11.8 Å². The van der Waals surface area contributed by atoms with Crippen LogP contribution in [0.2, 0.25) is 0 Å². The standard InChI is InChI=1S/C10H21NO/c1-4-11-6-5-9(7-11)10(12)8(2)3/h8-10,12H,4-7H2,1-3H3. The van der Waals surface area contributed by atoms with Gasteiger partial charge in [0.2, 0.25) is 0 Å². The van der Waals surface area contributed by atoms with E-state index in [0.29, 0.717) is 11.8 Å². The van der Waals surface area contributed by atoms with Gasteiger partial charge in [-0.1, -0.05) is 20.8 Å². The molecule has 2 unspecified atom stereocenters. The molecule has 1 N–H and O–H groups in total. The van der Waals surface area contributed by atoms with E-state index in [0.717, 1.165) is 13.1 Å². The highest BCUT2D eigenvalue weighted by Crippen LogP contribution is 2.23. The highest BCUT2D eigenvalue weighted by molar-refractivity contribution is 4.81. The Morgan fingerprint density at radius 1 is 1.50 bits per heavy atom. The molecule has 1 fully saturated rings. The summed E-state index contributed by atoms with van der Waals surface area (Å²) in [6.07, 6.45) is 1.08. The zero-order valence-corrected chi connectivity index (χ0v) is 8.45. The fourth-order valence-electron chi connectivity index (χ4n) is 1.97. The molecule has 0 saturated carbocycles. The lowest BCUT2D eigenvalue weighted by atomic mass is 9.93. The second-order valence-electron chi connectivity index (χ2n) is 4.18. The fourth-order valence-corrected chi connectivity index (χ4v) is 1.97. The number of likely N-dealkylation sites (tertiary alicyclic amines) is 1. The quantitative estimate of drug-likeness (QED) is 0.693. The summed E-state index contributed by atoms with van der Waals surface area (Å²) in [5.74, 6) is 0.928. The lowest BCUT2D eigenvalue weighted by Gasteiger charge is -2.21. The van der Waals surface area contributed by atoms with Crippen LogP contribution < -0.4 is 0 Å². The third-order valence-electron chi connectivity index (χ3n) is 2.92. The first-order valence-electron chi connectivity index (χ1n) is 5.05. The van der Waals surface area contributed by atoms with Crippen molar-refractivity contribution in [1.29, 1.82) is 0 Å². The Bertz CT molecular complexity index is 136. The van der Waals surface area contributed by atoms with E-state index in [2.05, 4.69) is 25.7 Å². The third kappa shape index (κ3) is 2.20. The van der Waals surface area contributed by atoms with Crippen LogP contribution in [0.25, 0.3) is 0 Å². The zero-order chi connectivity index (χ0) is 9.14. The SMILES string of the molecule is CCN1CCC(C(O)C(C)C)C1. The Morgan fingerprint density at radius 3 is 2.58 bits per heavy atom. The Labute approximate surface area is 75.6 Å². The molecule has 2 heteroatoms. The maximum absolute atomic E-state index is 9.81. The van der Waals surface area contributed by atoms with Crippen LogP contribution in [0.4, 0.5) is 0 Å². The van der Waals surface area contributed by atoms with E-state index >= 15 is 0 Å². The summed E-state index contributed by atoms with van der Waals surface area (Å²) < 4.78 is 0. The number of rotatable bonds is 3. The van der Waals surface area contributed by atoms with Gasteiger partial charge >= 0.3 is 0 Å². The van der Waals surface area contributed by atoms with Gasteiger partial charge in [0.25, 0.3) is 0 Å². The smallest absolute Gasteiger partial charge is 0.0603 e. The van der Waals surface area contributed by atoms with Crippen LogP contribution in [0, 0.1) is 11.8 Å². The minimum absolute atomic E-state index is 0.0958. The monoisotopic (exact) mass is 171 g/mol. The van der Waals surface area contributed by atoms with Gasteiger partial charge in [-0.25, -0.2) is 0 Å². The molecule has 12 heavy (non-hydrogen) atoms. The summed E-state index contributed by atoms with van der Waals surface area (Å²) in [5.41, 5.74) is 0. The average Bonchev–Trinajstić information content (AvgIpc) is 2.50. The van der Waals surface area contributed by atoms with Crippen molar-refractivity contribution in [1.82, 2.24) is 4.90 Å². The first kappa shape index (κ1) is 10.0. The topological polar surface area (TPSA) is 23.5 Å². The van der Waals surface area contributed by atoms with E-state index in [1.807, 2.05) is 0 Å². The molecule has 1 aliphatic heterocycles. The summed E-state index contributed by atoms with van der Waals surface area (Å²) in [4.78, 5) is 2.41. The number of hydrogen-bond donors (Lipinski definition) is 1. The predicted octanol–water partition coefficient (Wildman–Crippen LogP) is 1.35. The maximum Gasteiger partial charge on any atom is 0.0603 e. The van der Waals surface area contributed by atoms with Gasteiger partial charge in [-0.3, -0.25) is 0 Å². The molecule has 0 aliphatic carbocycles. The van der Waals surface area contributed by atoms with Crippen LogP contribution in [0.1, 0.15) is 27.2 Å². The normalized spacial score (nSPS) is 28.2. The number of aliphatic hydroxyl groups excluding tert-OH is 1. The Kier molecular flexibility index (Phi) is 3.53. The highest BCUT2D eigenvalue weighted by Gasteiger charge is 2.28. The lowest BCUT2D eigenvalue weighted by Crippen LogP contribution is -2.29. The van der Waals surface area contributed by atoms with Crippen molar-refractivity contribution in [3.8, 4) is 0 Å². The molecular formula is C10H21NO. The van der Waals surface area contributed by atoms with E-state index in [4.69, 9.17) is 0 Å². The molecule has 0 radical (unpaired) electrons. The van der Waals surface area contributed by atoms with Crippen LogP contribution in [-0.2, 0) is 0 Å². The van der Waals surface area contributed by atoms with E-state index in [1.165, 1.54) is 13.0 Å². The molecule has 0 aromatic carbocycles. The Hall–Kier alpha value is -0.0800. The van der Waals surface area contributed by atoms with Gasteiger partial charge < -0.3 is 10.0 Å². The van der Waals surface area contributed by atoms with Crippen molar-refractivity contribution in [3.63, 3.8) is 0 Å². The van der Waals surface area contributed by atoms with Gasteiger partial charge in [-0.15, -0.1) is 0 Å². The Balaban J connectivity index is 2.35. The first-order chi connectivity index (χ1) is 5.65. The van der Waals surface area contributed by atoms with E-state index in [-0.39, 0.29) is 6.10 Å². The summed E-state index contributed by atoms with van der Waals surface area (Å²) in [5, 5.41) is 9.81. The summed E-state index contributed by atoms with van der Waals surface area (Å²) in [6.45, 7) is 9.77. The second kappa shape index (κ2) is 4.24. The fraction of sp³-hybridized carbons (Fsp3) is 1.00. The van der Waals surface area contributed by atoms with Gasteiger partial charge in [-0.05, 0) is 31.3 Å². The van der Waals surface area contributed by atoms with Crippen molar-refractivity contribution < 1.29 is 5.11 Å². The van der Waals surface area contributed by atoms with E-state index < -0.39 is 0 Å². The molecule has 2 nitrogen and oxygen atoms in total. The van der Waals surface area contributed by atoms with E-state index in [9.17, 15) is 5.11 Å². The second-order valence-corrected chi connectivity index (χ2v) is 4.18. The third-order valence-corrected chi connectivity index (χ3v) is 2.92. The molecule has 0 spiro atoms. The van der Waals surface area contributed by atoms with Crippen LogP contribution in [-0.4, -0.2) is 35.7 Å². The first-order valence-corrected chi connectivity index (χ1v) is 5.05. The molecule has 1 saturated heterocycles. The van der Waals surface area contributed by atoms with Gasteiger partial charge in [0, 0.05) is 6.54 Å². The largest absolute Gasteiger partial charge is 0.393 e. The molecule has 2 atom stereocenters. The number of nitrogens with zero attached hydrogens (tertiary/aromatic N) is 1. The molecule has 0 amide bonds. The number of aliphatic hydroxyl groups is 1. The van der Waals surface area contributed by atoms with Gasteiger partial charge in [0.1, 0.15) is 0 Å². The summed E-state index contributed by atoms with van der Waals surface area (Å²) in [6, 6.07) is 0. The molecular weight excluding hydrogens is 150 g/mol. The lowest BCUT2D eigenvalue weighted by molar-refractivity contribution is 0.0679. The van der Waals surface area contributed by atoms with Crippen LogP contribution in [0.3, 0.4) is 0 Å². The maximum atomic E-state index is 9.81. The summed E-state index contributed by atoms with van der Waals surface area (Å²) in [7, 11) is 0. The Morgan fingerprint density at radius 2 is 2.17 bits per heavy atom. The van der Waals surface area contributed by atoms with Gasteiger partial charge in [-0.2, -0.15) is 0 Å². The number of hydrogen-bond acceptors (Lipinski definition) is 2. The van der Waals surface area contributed by atoms with Crippen molar-refractivity contribution in [2.45, 2.75) is 33.3 Å². The highest BCUT2D eigenvalue weighted by atomic mass is 16.3. The van der Waals surface area contributed by atoms with Crippen molar-refractivity contribution in [3.05, 3.63) is 0 Å². The molecule has 72 valence electrons. The average molecular weight is 171 g/mol. The molecule has 0 aromatic heterocycles. The molecule has 1 aliphatic rings. The van der Waals surface area contributed by atoms with Crippen LogP contribution >= 0.6 is 0 Å². The minimum atomic E-state index is -0.0958. The van der Waals surface area contributed by atoms with E-state index in [1.54, 1.807) is 0 Å². The van der Waals surface area contributed by atoms with Gasteiger partial charge in [0.15, 0.2) is 0 Å². The molecule has 0 bridgehead atoms. The molecule has 1 rings (SSSR count). The summed E-state index contributed by atoms with van der Waals surface area (Å²) >= 11 is 0. The molecule has 1 heterocycles. The van der Waals surface area contributed by atoms with Crippen molar-refractivity contribution in [2.75, 3.05) is 19.6 Å². The molecule has 0 aromatic rings. The predicted molar refractivity (Wildman–Crippen MR) is 51.1 cm³/mol. The minimum Gasteiger partial charge on any atom is -0.393 e. The van der Waals surface area contributed by atoms with Crippen LogP contribution in [0.15, 0.2) is 0 Å². The van der Waals surface area contributed by atoms with Crippen molar-refractivity contribution >= 4 is 0 Å². The van der Waals surface area contributed by atoms with Gasteiger partial charge in [0.05, 0.1) is 6.10 Å². The zero-order valence-electron chi connectivity index (χ0n) is 8.45.